The summed E-state index contributed by atoms with van der Waals surface area (Å²) < 4.78 is 6.72. The van der Waals surface area contributed by atoms with Gasteiger partial charge in [0, 0.05) is 17.2 Å². The molecule has 0 radical (unpaired) electrons. The summed E-state index contributed by atoms with van der Waals surface area (Å²) in [6.07, 6.45) is -0.562. The van der Waals surface area contributed by atoms with E-state index in [0.29, 0.717) is 5.76 Å². The summed E-state index contributed by atoms with van der Waals surface area (Å²) in [5.41, 5.74) is 0.0209. The van der Waals surface area contributed by atoms with Crippen molar-refractivity contribution in [1.29, 1.82) is 0 Å². The summed E-state index contributed by atoms with van der Waals surface area (Å²) in [5.74, 6) is 0.395. The minimum Gasteiger partial charge on any atom is -0.471 e. The SMILES string of the molecule is C=C1O[C@@H](n2ccc(=O)[nH]c2=O)[C@@H](O)[C@@H]1Sc1ccc(C)cc1. The first-order valence-electron chi connectivity index (χ1n) is 7.04. The Labute approximate surface area is 136 Å². The predicted octanol–water partition coefficient (Wildman–Crippen LogP) is 1.41. The van der Waals surface area contributed by atoms with E-state index in [2.05, 4.69) is 11.6 Å². The molecule has 1 aliphatic rings. The van der Waals surface area contributed by atoms with Crippen LogP contribution >= 0.6 is 11.8 Å². The van der Waals surface area contributed by atoms with Crippen LogP contribution < -0.4 is 11.2 Å². The van der Waals surface area contributed by atoms with E-state index in [-0.39, 0.29) is 0 Å². The van der Waals surface area contributed by atoms with Crippen molar-refractivity contribution in [3.05, 3.63) is 75.3 Å². The molecule has 1 aromatic carbocycles. The molecule has 3 atom stereocenters. The first-order chi connectivity index (χ1) is 11.0. The molecule has 120 valence electrons. The van der Waals surface area contributed by atoms with Crippen LogP contribution in [0.15, 0.2) is 63.4 Å². The van der Waals surface area contributed by atoms with Gasteiger partial charge in [-0.25, -0.2) is 4.79 Å². The third-order valence-corrected chi connectivity index (χ3v) is 4.94. The maximum absolute atomic E-state index is 11.9. The van der Waals surface area contributed by atoms with Crippen LogP contribution in [0.2, 0.25) is 0 Å². The van der Waals surface area contributed by atoms with Gasteiger partial charge in [0.15, 0.2) is 0 Å². The molecule has 23 heavy (non-hydrogen) atoms. The Bertz CT molecular complexity index is 840. The minimum atomic E-state index is -0.961. The number of aromatic amines is 1. The number of rotatable bonds is 3. The molecule has 0 spiro atoms. The minimum absolute atomic E-state index is 0.395. The molecule has 0 amide bonds. The lowest BCUT2D eigenvalue weighted by Gasteiger charge is -2.17. The number of H-pyrrole nitrogens is 1. The number of aryl methyl sites for hydroxylation is 1. The number of benzene rings is 1. The van der Waals surface area contributed by atoms with Crippen LogP contribution in [0.25, 0.3) is 0 Å². The Kier molecular flexibility index (Phi) is 4.14. The van der Waals surface area contributed by atoms with Gasteiger partial charge in [-0.15, -0.1) is 11.8 Å². The number of aliphatic hydroxyl groups is 1. The molecular weight excluding hydrogens is 316 g/mol. The molecule has 1 saturated heterocycles. The zero-order chi connectivity index (χ0) is 16.6. The molecule has 6 nitrogen and oxygen atoms in total. The fourth-order valence-corrected chi connectivity index (χ4v) is 3.43. The maximum Gasteiger partial charge on any atom is 0.331 e. The lowest BCUT2D eigenvalue weighted by Crippen LogP contribution is -2.36. The molecule has 3 rings (SSSR count). The summed E-state index contributed by atoms with van der Waals surface area (Å²) in [5, 5.41) is 10.1. The van der Waals surface area contributed by atoms with Gasteiger partial charge in [0.25, 0.3) is 5.56 Å². The third kappa shape index (κ3) is 3.11. The van der Waals surface area contributed by atoms with Crippen molar-refractivity contribution in [2.24, 2.45) is 0 Å². The van der Waals surface area contributed by atoms with Gasteiger partial charge in [0.2, 0.25) is 6.23 Å². The lowest BCUT2D eigenvalue weighted by atomic mass is 10.2. The Morgan fingerprint density at radius 3 is 2.61 bits per heavy atom. The van der Waals surface area contributed by atoms with Gasteiger partial charge in [0.05, 0.1) is 5.25 Å². The number of hydrogen-bond donors (Lipinski definition) is 2. The monoisotopic (exact) mass is 332 g/mol. The zero-order valence-corrected chi connectivity index (χ0v) is 13.2. The Morgan fingerprint density at radius 1 is 1.26 bits per heavy atom. The zero-order valence-electron chi connectivity index (χ0n) is 12.4. The van der Waals surface area contributed by atoms with E-state index in [1.807, 2.05) is 31.2 Å². The molecule has 1 fully saturated rings. The number of thioether (sulfide) groups is 1. The molecular formula is C16H16N2O4S. The van der Waals surface area contributed by atoms with Crippen LogP contribution in [0.4, 0.5) is 0 Å². The molecule has 0 bridgehead atoms. The van der Waals surface area contributed by atoms with Crippen LogP contribution in [0, 0.1) is 6.92 Å². The van der Waals surface area contributed by atoms with Gasteiger partial charge in [-0.1, -0.05) is 24.3 Å². The van der Waals surface area contributed by atoms with Gasteiger partial charge < -0.3 is 9.84 Å². The average Bonchev–Trinajstić information content (AvgIpc) is 2.77. The van der Waals surface area contributed by atoms with Crippen molar-refractivity contribution < 1.29 is 9.84 Å². The van der Waals surface area contributed by atoms with E-state index >= 15 is 0 Å². The predicted molar refractivity (Wildman–Crippen MR) is 87.4 cm³/mol. The highest BCUT2D eigenvalue weighted by Gasteiger charge is 2.41. The van der Waals surface area contributed by atoms with Crippen molar-refractivity contribution in [2.45, 2.75) is 29.4 Å². The number of nitrogens with one attached hydrogen (secondary N) is 1. The normalized spacial score (nSPS) is 23.7. The van der Waals surface area contributed by atoms with Crippen molar-refractivity contribution >= 4 is 11.8 Å². The van der Waals surface area contributed by atoms with Gasteiger partial charge >= 0.3 is 5.69 Å². The quantitative estimate of drug-likeness (QED) is 0.888. The standard InChI is InChI=1S/C16H16N2O4S/c1-9-3-5-11(6-4-9)23-14-10(2)22-15(13(14)20)18-8-7-12(19)17-16(18)21/h3-8,13-15,20H,2H2,1H3,(H,17,19,21)/t13-,14+,15+/m0/s1. The van der Waals surface area contributed by atoms with Crippen LogP contribution in [0.5, 0.6) is 0 Å². The topological polar surface area (TPSA) is 84.3 Å². The number of hydrogen-bond acceptors (Lipinski definition) is 5. The molecule has 1 aliphatic heterocycles. The second-order valence-electron chi connectivity index (χ2n) is 5.33. The summed E-state index contributed by atoms with van der Waals surface area (Å²) >= 11 is 1.42. The molecule has 0 unspecified atom stereocenters. The Balaban J connectivity index is 1.84. The van der Waals surface area contributed by atoms with Crippen molar-refractivity contribution in [3.63, 3.8) is 0 Å². The Hall–Kier alpha value is -2.25. The van der Waals surface area contributed by atoms with Crippen LogP contribution in [-0.2, 0) is 4.74 Å². The fourth-order valence-electron chi connectivity index (χ4n) is 2.38. The summed E-state index contributed by atoms with van der Waals surface area (Å²) in [6, 6.07) is 9.09. The highest BCUT2D eigenvalue weighted by molar-refractivity contribution is 8.00. The third-order valence-electron chi connectivity index (χ3n) is 3.60. The van der Waals surface area contributed by atoms with E-state index in [0.717, 1.165) is 15.0 Å². The highest BCUT2D eigenvalue weighted by atomic mass is 32.2. The molecule has 2 heterocycles. The molecule has 0 aliphatic carbocycles. The van der Waals surface area contributed by atoms with E-state index in [9.17, 15) is 14.7 Å². The number of aromatic nitrogens is 2. The molecule has 0 saturated carbocycles. The van der Waals surface area contributed by atoms with Crippen LogP contribution in [-0.4, -0.2) is 26.0 Å². The summed E-state index contributed by atoms with van der Waals surface area (Å²) in [6.45, 7) is 5.83. The van der Waals surface area contributed by atoms with Gasteiger partial charge in [-0.3, -0.25) is 14.3 Å². The first-order valence-corrected chi connectivity index (χ1v) is 7.92. The van der Waals surface area contributed by atoms with Crippen molar-refractivity contribution in [2.75, 3.05) is 0 Å². The van der Waals surface area contributed by atoms with Crippen LogP contribution in [0.3, 0.4) is 0 Å². The smallest absolute Gasteiger partial charge is 0.331 e. The Morgan fingerprint density at radius 2 is 1.96 bits per heavy atom. The van der Waals surface area contributed by atoms with E-state index in [1.165, 1.54) is 24.0 Å². The lowest BCUT2D eigenvalue weighted by molar-refractivity contribution is 0.00624. The molecule has 1 aromatic heterocycles. The maximum atomic E-state index is 11.9. The summed E-state index contributed by atoms with van der Waals surface area (Å²) in [4.78, 5) is 26.1. The largest absolute Gasteiger partial charge is 0.471 e. The first kappa shape index (κ1) is 15.6. The van der Waals surface area contributed by atoms with Crippen molar-refractivity contribution in [3.8, 4) is 0 Å². The van der Waals surface area contributed by atoms with Gasteiger partial charge in [-0.05, 0) is 19.1 Å². The number of nitrogens with zero attached hydrogens (tertiary/aromatic N) is 1. The fraction of sp³-hybridized carbons (Fsp3) is 0.250. The average molecular weight is 332 g/mol. The number of ether oxygens (including phenoxy) is 1. The van der Waals surface area contributed by atoms with E-state index in [1.54, 1.807) is 0 Å². The number of aliphatic hydroxyl groups excluding tert-OH is 1. The van der Waals surface area contributed by atoms with Gasteiger partial charge in [0.1, 0.15) is 11.9 Å². The second-order valence-corrected chi connectivity index (χ2v) is 6.55. The highest BCUT2D eigenvalue weighted by Crippen LogP contribution is 2.40. The molecule has 7 heteroatoms. The second kappa shape index (κ2) is 6.10. The van der Waals surface area contributed by atoms with Gasteiger partial charge in [-0.2, -0.15) is 0 Å². The van der Waals surface area contributed by atoms with Crippen molar-refractivity contribution in [1.82, 2.24) is 9.55 Å². The molecule has 2 aromatic rings. The van der Waals surface area contributed by atoms with E-state index in [4.69, 9.17) is 4.74 Å². The van der Waals surface area contributed by atoms with Crippen LogP contribution in [0.1, 0.15) is 11.8 Å². The van der Waals surface area contributed by atoms with E-state index < -0.39 is 28.8 Å². The molecule has 2 N–H and O–H groups in total. The summed E-state index contributed by atoms with van der Waals surface area (Å²) in [7, 11) is 0.